The highest BCUT2D eigenvalue weighted by Crippen LogP contribution is 2.36. The van der Waals surface area contributed by atoms with E-state index in [1.54, 1.807) is 12.1 Å². The molecule has 1 aromatic carbocycles. The largest absolute Gasteiger partial charge is 0.504 e. The number of ether oxygens (including phenoxy) is 2. The Balaban J connectivity index is 2.13. The molecule has 0 aliphatic carbocycles. The molecule has 0 spiro atoms. The summed E-state index contributed by atoms with van der Waals surface area (Å²) >= 11 is 0. The lowest BCUT2D eigenvalue weighted by atomic mass is 9.83. The van der Waals surface area contributed by atoms with Gasteiger partial charge in [0.2, 0.25) is 0 Å². The molecule has 0 saturated carbocycles. The van der Waals surface area contributed by atoms with Crippen molar-refractivity contribution >= 4 is 11.9 Å². The molecule has 0 amide bonds. The first kappa shape index (κ1) is 19.0. The Morgan fingerprint density at radius 1 is 1.16 bits per heavy atom. The highest BCUT2D eigenvalue weighted by molar-refractivity contribution is 5.87. The van der Waals surface area contributed by atoms with Crippen LogP contribution in [0.5, 0.6) is 11.5 Å². The van der Waals surface area contributed by atoms with Crippen molar-refractivity contribution in [2.45, 2.75) is 59.5 Å². The molecule has 1 heterocycles. The van der Waals surface area contributed by atoms with Crippen LogP contribution in [-0.4, -0.2) is 23.1 Å². The van der Waals surface area contributed by atoms with Crippen LogP contribution >= 0.6 is 0 Å². The number of phenolic OH excluding ortho intramolecular Hbond substituents is 1. The first-order chi connectivity index (χ1) is 11.4. The van der Waals surface area contributed by atoms with Crippen LogP contribution in [0.15, 0.2) is 29.8 Å². The predicted molar refractivity (Wildman–Crippen MR) is 94.5 cm³/mol. The number of hydrogen-bond donors (Lipinski definition) is 1. The first-order valence-electron chi connectivity index (χ1n) is 8.35. The van der Waals surface area contributed by atoms with Gasteiger partial charge in [0.25, 0.3) is 0 Å². The Morgan fingerprint density at radius 3 is 2.36 bits per heavy atom. The Labute approximate surface area is 148 Å². The number of phenols is 1. The van der Waals surface area contributed by atoms with E-state index in [4.69, 9.17) is 9.47 Å². The number of hydrogen-bond acceptors (Lipinski definition) is 5. The van der Waals surface area contributed by atoms with Crippen molar-refractivity contribution in [3.8, 4) is 11.5 Å². The van der Waals surface area contributed by atoms with Crippen LogP contribution in [0.1, 0.15) is 53.5 Å². The van der Waals surface area contributed by atoms with Crippen LogP contribution in [0.3, 0.4) is 0 Å². The summed E-state index contributed by atoms with van der Waals surface area (Å²) in [6.07, 6.45) is 0.719. The molecule has 1 N–H and O–H groups in total. The second-order valence-corrected chi connectivity index (χ2v) is 8.39. The fourth-order valence-corrected chi connectivity index (χ4v) is 2.69. The summed E-state index contributed by atoms with van der Waals surface area (Å²) in [6.45, 7) is 12.0. The maximum Gasteiger partial charge on any atom is 0.331 e. The van der Waals surface area contributed by atoms with Crippen LogP contribution in [0.4, 0.5) is 0 Å². The van der Waals surface area contributed by atoms with Crippen LogP contribution in [0, 0.1) is 5.41 Å². The Kier molecular flexibility index (Phi) is 4.98. The number of cyclic esters (lactones) is 1. The van der Waals surface area contributed by atoms with Crippen molar-refractivity contribution in [3.05, 3.63) is 35.4 Å². The summed E-state index contributed by atoms with van der Waals surface area (Å²) in [4.78, 5) is 23.9. The van der Waals surface area contributed by atoms with Gasteiger partial charge < -0.3 is 14.6 Å². The smallest absolute Gasteiger partial charge is 0.331 e. The van der Waals surface area contributed by atoms with E-state index < -0.39 is 18.0 Å². The third kappa shape index (κ3) is 4.62. The number of rotatable bonds is 3. The lowest BCUT2D eigenvalue weighted by molar-refractivity contribution is -0.143. The second-order valence-electron chi connectivity index (χ2n) is 8.39. The monoisotopic (exact) mass is 346 g/mol. The molecule has 0 radical (unpaired) electrons. The second kappa shape index (κ2) is 6.54. The normalized spacial score (nSPS) is 17.9. The van der Waals surface area contributed by atoms with Gasteiger partial charge in [0.1, 0.15) is 6.10 Å². The fourth-order valence-electron chi connectivity index (χ4n) is 2.69. The first-order valence-corrected chi connectivity index (χ1v) is 8.35. The Bertz CT molecular complexity index is 717. The molecule has 1 aliphatic rings. The average Bonchev–Trinajstić information content (AvgIpc) is 2.80. The summed E-state index contributed by atoms with van der Waals surface area (Å²) in [7, 11) is 0. The van der Waals surface area contributed by atoms with Crippen molar-refractivity contribution in [1.82, 2.24) is 0 Å². The van der Waals surface area contributed by atoms with Gasteiger partial charge in [-0.1, -0.05) is 47.6 Å². The van der Waals surface area contributed by atoms with Crippen LogP contribution in [0.25, 0.3) is 0 Å². The zero-order chi connectivity index (χ0) is 19.0. The van der Waals surface area contributed by atoms with Gasteiger partial charge in [-0.3, -0.25) is 4.79 Å². The molecular formula is C20H26O5. The Hall–Kier alpha value is -2.30. The van der Waals surface area contributed by atoms with E-state index in [2.05, 4.69) is 0 Å². The maximum absolute atomic E-state index is 12.3. The number of aromatic hydroxyl groups is 1. The van der Waals surface area contributed by atoms with Gasteiger partial charge >= 0.3 is 11.9 Å². The predicted octanol–water partition coefficient (Wildman–Crippen LogP) is 3.88. The van der Waals surface area contributed by atoms with Gasteiger partial charge in [0.05, 0.1) is 6.42 Å². The van der Waals surface area contributed by atoms with Crippen LogP contribution < -0.4 is 4.74 Å². The van der Waals surface area contributed by atoms with Gasteiger partial charge in [0, 0.05) is 6.08 Å². The highest BCUT2D eigenvalue weighted by atomic mass is 16.6. The summed E-state index contributed by atoms with van der Waals surface area (Å²) < 4.78 is 10.6. The third-order valence-electron chi connectivity index (χ3n) is 4.15. The third-order valence-corrected chi connectivity index (χ3v) is 4.15. The van der Waals surface area contributed by atoms with Crippen LogP contribution in [-0.2, 0) is 19.7 Å². The van der Waals surface area contributed by atoms with Gasteiger partial charge in [-0.15, -0.1) is 0 Å². The van der Waals surface area contributed by atoms with E-state index in [-0.39, 0.29) is 28.7 Å². The summed E-state index contributed by atoms with van der Waals surface area (Å²) in [5, 5.41) is 9.96. The Morgan fingerprint density at radius 2 is 1.80 bits per heavy atom. The number of carbonyl (C=O) groups is 2. The lowest BCUT2D eigenvalue weighted by Gasteiger charge is -2.25. The minimum Gasteiger partial charge on any atom is -0.504 e. The SMILES string of the molecule is CC(C)(C)C1=CC(=O)OC1CC(=O)Oc1cc(C(C)(C)C)ccc1O. The van der Waals surface area contributed by atoms with Gasteiger partial charge in [-0.2, -0.15) is 0 Å². The van der Waals surface area contributed by atoms with Crippen molar-refractivity contribution in [2.75, 3.05) is 0 Å². The van der Waals surface area contributed by atoms with Crippen molar-refractivity contribution in [2.24, 2.45) is 5.41 Å². The van der Waals surface area contributed by atoms with Crippen molar-refractivity contribution in [3.63, 3.8) is 0 Å². The average molecular weight is 346 g/mol. The standard InChI is InChI=1S/C20H26O5/c1-19(2,3)12-7-8-14(21)16(9-12)25-18(23)11-15-13(20(4,5)6)10-17(22)24-15/h7-10,15,21H,11H2,1-6H3. The maximum atomic E-state index is 12.3. The van der Waals surface area contributed by atoms with Gasteiger partial charge in [0.15, 0.2) is 11.5 Å². The van der Waals surface area contributed by atoms with E-state index in [1.807, 2.05) is 41.5 Å². The molecule has 0 fully saturated rings. The fraction of sp³-hybridized carbons (Fsp3) is 0.500. The zero-order valence-corrected chi connectivity index (χ0v) is 15.7. The van der Waals surface area contributed by atoms with Gasteiger partial charge in [-0.05, 0) is 34.1 Å². The molecule has 0 bridgehead atoms. The van der Waals surface area contributed by atoms with E-state index in [0.29, 0.717) is 0 Å². The van der Waals surface area contributed by atoms with E-state index >= 15 is 0 Å². The topological polar surface area (TPSA) is 72.8 Å². The minimum absolute atomic E-state index is 0.0893. The molecule has 25 heavy (non-hydrogen) atoms. The zero-order valence-electron chi connectivity index (χ0n) is 15.7. The molecule has 1 aliphatic heterocycles. The molecular weight excluding hydrogens is 320 g/mol. The molecule has 0 saturated heterocycles. The molecule has 2 rings (SSSR count). The molecule has 1 atom stereocenters. The molecule has 136 valence electrons. The summed E-state index contributed by atoms with van der Waals surface area (Å²) in [5.41, 5.74) is 1.28. The molecule has 0 aromatic heterocycles. The lowest BCUT2D eigenvalue weighted by Crippen LogP contribution is -2.26. The number of benzene rings is 1. The van der Waals surface area contributed by atoms with E-state index in [0.717, 1.165) is 11.1 Å². The van der Waals surface area contributed by atoms with Crippen LogP contribution in [0.2, 0.25) is 0 Å². The molecule has 5 heteroatoms. The van der Waals surface area contributed by atoms with E-state index in [1.165, 1.54) is 12.1 Å². The summed E-state index contributed by atoms with van der Waals surface area (Å²) in [5.74, 6) is -0.990. The van der Waals surface area contributed by atoms with E-state index in [9.17, 15) is 14.7 Å². The summed E-state index contributed by atoms with van der Waals surface area (Å²) in [6, 6.07) is 4.97. The van der Waals surface area contributed by atoms with Gasteiger partial charge in [-0.25, -0.2) is 4.79 Å². The molecule has 1 unspecified atom stereocenters. The quantitative estimate of drug-likeness (QED) is 0.664. The molecule has 5 nitrogen and oxygen atoms in total. The van der Waals surface area contributed by atoms with Crippen molar-refractivity contribution < 1.29 is 24.2 Å². The minimum atomic E-state index is -0.632. The number of esters is 2. The highest BCUT2D eigenvalue weighted by Gasteiger charge is 2.35. The van der Waals surface area contributed by atoms with Crippen molar-refractivity contribution in [1.29, 1.82) is 0 Å². The molecule has 1 aromatic rings. The number of carbonyl (C=O) groups excluding carboxylic acids is 2.